The number of urea groups is 1. The standard InChI is InChI=1S/C19H21ClN2O4/c1-3-25-10-11-26-18-16(20)8-5-9-17(18)22-19(24)21-15-7-4-6-14(12-15)13(2)23/h4-9,12H,3,10-11H2,1-2H3,(H2,21,22,24). The van der Waals surface area contributed by atoms with Crippen LogP contribution in [0.15, 0.2) is 42.5 Å². The lowest BCUT2D eigenvalue weighted by atomic mass is 10.1. The first-order valence-corrected chi connectivity index (χ1v) is 8.57. The molecule has 0 unspecified atom stereocenters. The zero-order valence-corrected chi connectivity index (χ0v) is 15.4. The molecule has 2 amide bonds. The van der Waals surface area contributed by atoms with Crippen LogP contribution in [0.3, 0.4) is 0 Å². The van der Waals surface area contributed by atoms with Crippen LogP contribution in [0.5, 0.6) is 5.75 Å². The van der Waals surface area contributed by atoms with Crippen molar-refractivity contribution in [1.82, 2.24) is 0 Å². The first kappa shape index (κ1) is 19.8. The summed E-state index contributed by atoms with van der Waals surface area (Å²) < 4.78 is 10.9. The van der Waals surface area contributed by atoms with E-state index in [4.69, 9.17) is 21.1 Å². The van der Waals surface area contributed by atoms with Crippen LogP contribution < -0.4 is 15.4 Å². The number of halogens is 1. The number of hydrogen-bond acceptors (Lipinski definition) is 4. The maximum Gasteiger partial charge on any atom is 0.323 e. The molecule has 7 heteroatoms. The van der Waals surface area contributed by atoms with Crippen LogP contribution in [0.4, 0.5) is 16.2 Å². The zero-order chi connectivity index (χ0) is 18.9. The van der Waals surface area contributed by atoms with Crippen LogP contribution in [-0.2, 0) is 4.74 Å². The average molecular weight is 377 g/mol. The molecule has 0 atom stereocenters. The summed E-state index contributed by atoms with van der Waals surface area (Å²) in [7, 11) is 0. The predicted octanol–water partition coefficient (Wildman–Crippen LogP) is 4.60. The third kappa shape index (κ3) is 5.75. The summed E-state index contributed by atoms with van der Waals surface area (Å²) >= 11 is 6.17. The Morgan fingerprint density at radius 3 is 2.58 bits per heavy atom. The highest BCUT2D eigenvalue weighted by atomic mass is 35.5. The highest BCUT2D eigenvalue weighted by Crippen LogP contribution is 2.33. The number of carbonyl (C=O) groups is 2. The molecule has 0 bridgehead atoms. The molecule has 2 N–H and O–H groups in total. The van der Waals surface area contributed by atoms with E-state index in [1.54, 1.807) is 42.5 Å². The number of carbonyl (C=O) groups excluding carboxylic acids is 2. The highest BCUT2D eigenvalue weighted by Gasteiger charge is 2.12. The third-order valence-corrected chi connectivity index (χ3v) is 3.72. The van der Waals surface area contributed by atoms with E-state index in [1.807, 2.05) is 6.92 Å². The van der Waals surface area contributed by atoms with Gasteiger partial charge in [0.05, 0.1) is 17.3 Å². The summed E-state index contributed by atoms with van der Waals surface area (Å²) in [6.45, 7) is 4.70. The molecule has 0 saturated carbocycles. The molecule has 0 spiro atoms. The van der Waals surface area contributed by atoms with Crippen LogP contribution >= 0.6 is 11.6 Å². The first-order chi connectivity index (χ1) is 12.5. The Labute approximate surface area is 157 Å². The number of para-hydroxylation sites is 1. The number of ether oxygens (including phenoxy) is 2. The van der Waals surface area contributed by atoms with Gasteiger partial charge < -0.3 is 20.1 Å². The van der Waals surface area contributed by atoms with Gasteiger partial charge in [-0.15, -0.1) is 0 Å². The summed E-state index contributed by atoms with van der Waals surface area (Å²) in [5, 5.41) is 5.77. The number of amides is 2. The fourth-order valence-electron chi connectivity index (χ4n) is 2.20. The molecule has 0 aliphatic carbocycles. The van der Waals surface area contributed by atoms with Crippen molar-refractivity contribution in [2.45, 2.75) is 13.8 Å². The lowest BCUT2D eigenvalue weighted by Crippen LogP contribution is -2.20. The minimum Gasteiger partial charge on any atom is -0.487 e. The smallest absolute Gasteiger partial charge is 0.323 e. The Morgan fingerprint density at radius 1 is 1.08 bits per heavy atom. The second kappa shape index (κ2) is 9.79. The Bertz CT molecular complexity index is 780. The van der Waals surface area contributed by atoms with Gasteiger partial charge in [-0.2, -0.15) is 0 Å². The average Bonchev–Trinajstić information content (AvgIpc) is 2.60. The molecule has 2 aromatic carbocycles. The minimum absolute atomic E-state index is 0.0751. The van der Waals surface area contributed by atoms with E-state index < -0.39 is 6.03 Å². The van der Waals surface area contributed by atoms with Gasteiger partial charge in [-0.25, -0.2) is 4.79 Å². The van der Waals surface area contributed by atoms with E-state index >= 15 is 0 Å². The van der Waals surface area contributed by atoms with E-state index in [0.717, 1.165) is 0 Å². The maximum atomic E-state index is 12.3. The van der Waals surface area contributed by atoms with Crippen molar-refractivity contribution >= 4 is 34.8 Å². The van der Waals surface area contributed by atoms with Crippen molar-refractivity contribution in [2.24, 2.45) is 0 Å². The Morgan fingerprint density at radius 2 is 1.85 bits per heavy atom. The molecule has 0 fully saturated rings. The molecule has 0 aromatic heterocycles. The molecular weight excluding hydrogens is 356 g/mol. The SMILES string of the molecule is CCOCCOc1c(Cl)cccc1NC(=O)Nc1cccc(C(C)=O)c1. The van der Waals surface area contributed by atoms with Crippen molar-refractivity contribution < 1.29 is 19.1 Å². The molecule has 2 aromatic rings. The van der Waals surface area contributed by atoms with Gasteiger partial charge in [0.1, 0.15) is 6.61 Å². The molecule has 0 saturated heterocycles. The van der Waals surface area contributed by atoms with Gasteiger partial charge in [-0.3, -0.25) is 4.79 Å². The van der Waals surface area contributed by atoms with Crippen molar-refractivity contribution in [3.8, 4) is 5.75 Å². The third-order valence-electron chi connectivity index (χ3n) is 3.42. The Balaban J connectivity index is 2.05. The molecule has 0 aliphatic rings. The molecule has 0 aliphatic heterocycles. The summed E-state index contributed by atoms with van der Waals surface area (Å²) in [5.41, 5.74) is 1.47. The van der Waals surface area contributed by atoms with Crippen molar-refractivity contribution in [2.75, 3.05) is 30.5 Å². The largest absolute Gasteiger partial charge is 0.487 e. The maximum absolute atomic E-state index is 12.3. The topological polar surface area (TPSA) is 76.7 Å². The zero-order valence-electron chi connectivity index (χ0n) is 14.7. The Hall–Kier alpha value is -2.57. The Kier molecular flexibility index (Phi) is 7.44. The van der Waals surface area contributed by atoms with E-state index in [1.165, 1.54) is 6.92 Å². The van der Waals surface area contributed by atoms with Gasteiger partial charge in [-0.1, -0.05) is 29.8 Å². The summed E-state index contributed by atoms with van der Waals surface area (Å²) in [6.07, 6.45) is 0. The lowest BCUT2D eigenvalue weighted by molar-refractivity contribution is 0.101. The summed E-state index contributed by atoms with van der Waals surface area (Å²) in [6, 6.07) is 11.3. The molecule has 6 nitrogen and oxygen atoms in total. The van der Waals surface area contributed by atoms with Gasteiger partial charge in [0.15, 0.2) is 11.5 Å². The number of anilines is 2. The van der Waals surface area contributed by atoms with Gasteiger partial charge in [0.25, 0.3) is 0 Å². The van der Waals surface area contributed by atoms with Gasteiger partial charge in [0, 0.05) is 17.9 Å². The summed E-state index contributed by atoms with van der Waals surface area (Å²) in [5.74, 6) is 0.301. The van der Waals surface area contributed by atoms with E-state index in [9.17, 15) is 9.59 Å². The lowest BCUT2D eigenvalue weighted by Gasteiger charge is -2.14. The van der Waals surface area contributed by atoms with Crippen molar-refractivity contribution in [3.05, 3.63) is 53.1 Å². The van der Waals surface area contributed by atoms with E-state index in [0.29, 0.717) is 47.5 Å². The van der Waals surface area contributed by atoms with Crippen LogP contribution in [0.25, 0.3) is 0 Å². The first-order valence-electron chi connectivity index (χ1n) is 8.19. The number of ketones is 1. The van der Waals surface area contributed by atoms with Crippen molar-refractivity contribution in [1.29, 1.82) is 0 Å². The number of nitrogens with one attached hydrogen (secondary N) is 2. The number of rotatable bonds is 8. The van der Waals surface area contributed by atoms with Gasteiger partial charge in [0.2, 0.25) is 0 Å². The molecule has 26 heavy (non-hydrogen) atoms. The van der Waals surface area contributed by atoms with Crippen LogP contribution in [-0.4, -0.2) is 31.6 Å². The molecule has 2 rings (SSSR count). The monoisotopic (exact) mass is 376 g/mol. The van der Waals surface area contributed by atoms with Crippen LogP contribution in [0.2, 0.25) is 5.02 Å². The quantitative estimate of drug-likeness (QED) is 0.521. The van der Waals surface area contributed by atoms with E-state index in [-0.39, 0.29) is 5.78 Å². The number of Topliss-reactive ketones (excluding diaryl/α,β-unsaturated/α-hetero) is 1. The van der Waals surface area contributed by atoms with Crippen LogP contribution in [0.1, 0.15) is 24.2 Å². The minimum atomic E-state index is -0.470. The predicted molar refractivity (Wildman–Crippen MR) is 103 cm³/mol. The second-order valence-electron chi connectivity index (χ2n) is 5.38. The fraction of sp³-hybridized carbons (Fsp3) is 0.263. The molecule has 0 heterocycles. The van der Waals surface area contributed by atoms with Crippen LogP contribution in [0, 0.1) is 0 Å². The fourth-order valence-corrected chi connectivity index (χ4v) is 2.43. The van der Waals surface area contributed by atoms with Gasteiger partial charge in [-0.05, 0) is 38.1 Å². The molecule has 138 valence electrons. The van der Waals surface area contributed by atoms with Crippen molar-refractivity contribution in [3.63, 3.8) is 0 Å². The highest BCUT2D eigenvalue weighted by molar-refractivity contribution is 6.32. The normalized spacial score (nSPS) is 10.3. The summed E-state index contributed by atoms with van der Waals surface area (Å²) in [4.78, 5) is 23.7. The van der Waals surface area contributed by atoms with E-state index in [2.05, 4.69) is 10.6 Å². The number of benzene rings is 2. The number of hydrogen-bond donors (Lipinski definition) is 2. The second-order valence-corrected chi connectivity index (χ2v) is 5.79. The molecule has 0 radical (unpaired) electrons. The van der Waals surface area contributed by atoms with Gasteiger partial charge >= 0.3 is 6.03 Å². The molecular formula is C19H21ClN2O4.